The Morgan fingerprint density at radius 3 is 2.52 bits per heavy atom. The van der Waals surface area contributed by atoms with Gasteiger partial charge in [-0.15, -0.1) is 0 Å². The standard InChI is InChI=1S/C23H24BrNO6/c1-3-4-11-31-21(27)14-25-19-10-7-16(24)12-18(19)23(29,22(25)28)13-20(26)15-5-8-17(30-2)9-6-15/h5-10,12,29H,3-4,11,13-14H2,1-2H3. The zero-order valence-corrected chi connectivity index (χ0v) is 19.0. The first kappa shape index (κ1) is 23.0. The number of carbonyl (C=O) groups excluding carboxylic acids is 3. The van der Waals surface area contributed by atoms with E-state index in [-0.39, 0.29) is 18.7 Å². The molecule has 0 saturated carbocycles. The lowest BCUT2D eigenvalue weighted by Gasteiger charge is -2.22. The van der Waals surface area contributed by atoms with Gasteiger partial charge in [0.25, 0.3) is 5.91 Å². The van der Waals surface area contributed by atoms with Gasteiger partial charge in [0.2, 0.25) is 0 Å². The molecule has 0 bridgehead atoms. The second-order valence-corrected chi connectivity index (χ2v) is 8.23. The normalized spacial score (nSPS) is 17.4. The van der Waals surface area contributed by atoms with Gasteiger partial charge in [0.15, 0.2) is 11.4 Å². The van der Waals surface area contributed by atoms with Crippen LogP contribution in [0.4, 0.5) is 5.69 Å². The number of methoxy groups -OCH3 is 1. The van der Waals surface area contributed by atoms with E-state index in [0.29, 0.717) is 21.5 Å². The number of benzene rings is 2. The van der Waals surface area contributed by atoms with Gasteiger partial charge in [-0.2, -0.15) is 0 Å². The molecule has 0 spiro atoms. The number of anilines is 1. The van der Waals surface area contributed by atoms with Crippen LogP contribution < -0.4 is 9.64 Å². The van der Waals surface area contributed by atoms with Gasteiger partial charge >= 0.3 is 5.97 Å². The Hall–Kier alpha value is -2.71. The maximum atomic E-state index is 13.2. The number of Topliss-reactive ketones (excluding diaryl/α,β-unsaturated/α-hetero) is 1. The summed E-state index contributed by atoms with van der Waals surface area (Å²) in [5.41, 5.74) is -1.09. The minimum Gasteiger partial charge on any atom is -0.497 e. The van der Waals surface area contributed by atoms with Crippen LogP contribution in [0.3, 0.4) is 0 Å². The average molecular weight is 490 g/mol. The van der Waals surface area contributed by atoms with Gasteiger partial charge in [0, 0.05) is 15.6 Å². The van der Waals surface area contributed by atoms with Gasteiger partial charge in [0.1, 0.15) is 12.3 Å². The molecule has 0 saturated heterocycles. The second kappa shape index (κ2) is 9.62. The second-order valence-electron chi connectivity index (χ2n) is 7.32. The molecule has 0 fully saturated rings. The van der Waals surface area contributed by atoms with E-state index in [4.69, 9.17) is 9.47 Å². The van der Waals surface area contributed by atoms with Crippen molar-refractivity contribution in [3.8, 4) is 5.75 Å². The van der Waals surface area contributed by atoms with Crippen LogP contribution in [-0.4, -0.2) is 43.0 Å². The van der Waals surface area contributed by atoms with E-state index in [0.717, 1.165) is 12.8 Å². The maximum absolute atomic E-state index is 13.2. The highest BCUT2D eigenvalue weighted by atomic mass is 79.9. The van der Waals surface area contributed by atoms with Crippen LogP contribution in [0.5, 0.6) is 5.75 Å². The van der Waals surface area contributed by atoms with Crippen LogP contribution in [0, 0.1) is 0 Å². The number of esters is 1. The Balaban J connectivity index is 1.87. The molecule has 1 N–H and O–H groups in total. The summed E-state index contributed by atoms with van der Waals surface area (Å²) in [6.07, 6.45) is 1.15. The van der Waals surface area contributed by atoms with E-state index in [2.05, 4.69) is 15.9 Å². The monoisotopic (exact) mass is 489 g/mol. The van der Waals surface area contributed by atoms with E-state index < -0.39 is 29.7 Å². The van der Waals surface area contributed by atoms with Crippen molar-refractivity contribution >= 4 is 39.3 Å². The maximum Gasteiger partial charge on any atom is 0.326 e. The van der Waals surface area contributed by atoms with Gasteiger partial charge < -0.3 is 14.6 Å². The van der Waals surface area contributed by atoms with Crippen molar-refractivity contribution in [3.05, 3.63) is 58.1 Å². The summed E-state index contributed by atoms with van der Waals surface area (Å²) in [7, 11) is 1.52. The lowest BCUT2D eigenvalue weighted by molar-refractivity contribution is -0.144. The fourth-order valence-electron chi connectivity index (χ4n) is 3.47. The van der Waals surface area contributed by atoms with Crippen molar-refractivity contribution in [2.24, 2.45) is 0 Å². The van der Waals surface area contributed by atoms with Crippen molar-refractivity contribution in [1.29, 1.82) is 0 Å². The number of halogens is 1. The minimum absolute atomic E-state index is 0.269. The van der Waals surface area contributed by atoms with E-state index in [9.17, 15) is 19.5 Å². The molecule has 0 aliphatic carbocycles. The number of fused-ring (bicyclic) bond motifs is 1. The number of unbranched alkanes of at least 4 members (excludes halogenated alkanes) is 1. The number of amides is 1. The van der Waals surface area contributed by atoms with E-state index >= 15 is 0 Å². The van der Waals surface area contributed by atoms with Crippen LogP contribution >= 0.6 is 15.9 Å². The number of ketones is 1. The van der Waals surface area contributed by atoms with Crippen LogP contribution in [-0.2, 0) is 19.9 Å². The first-order valence-corrected chi connectivity index (χ1v) is 10.8. The number of aliphatic hydroxyl groups is 1. The van der Waals surface area contributed by atoms with Gasteiger partial charge in [0.05, 0.1) is 25.8 Å². The number of hydrogen-bond acceptors (Lipinski definition) is 6. The van der Waals surface area contributed by atoms with Crippen LogP contribution in [0.1, 0.15) is 42.1 Å². The molecule has 3 rings (SSSR count). The van der Waals surface area contributed by atoms with Gasteiger partial charge in [-0.1, -0.05) is 29.3 Å². The average Bonchev–Trinajstić information content (AvgIpc) is 2.95. The molecule has 0 radical (unpaired) electrons. The quantitative estimate of drug-likeness (QED) is 0.328. The van der Waals surface area contributed by atoms with Gasteiger partial charge in [-0.05, 0) is 48.9 Å². The molecule has 164 valence electrons. The summed E-state index contributed by atoms with van der Waals surface area (Å²) in [4.78, 5) is 39.5. The molecule has 1 unspecified atom stereocenters. The lowest BCUT2D eigenvalue weighted by atomic mass is 9.88. The highest BCUT2D eigenvalue weighted by molar-refractivity contribution is 9.10. The molecule has 1 aliphatic rings. The fraction of sp³-hybridized carbons (Fsp3) is 0.348. The lowest BCUT2D eigenvalue weighted by Crippen LogP contribution is -2.44. The predicted molar refractivity (Wildman–Crippen MR) is 118 cm³/mol. The smallest absolute Gasteiger partial charge is 0.326 e. The summed E-state index contributed by atoms with van der Waals surface area (Å²) < 4.78 is 10.9. The SMILES string of the molecule is CCCCOC(=O)CN1C(=O)C(O)(CC(=O)c2ccc(OC)cc2)c2cc(Br)ccc21. The molecule has 2 aromatic carbocycles. The van der Waals surface area contributed by atoms with Crippen LogP contribution in [0.25, 0.3) is 0 Å². The number of carbonyl (C=O) groups is 3. The molecule has 1 aliphatic heterocycles. The molecule has 31 heavy (non-hydrogen) atoms. The minimum atomic E-state index is -2.08. The first-order chi connectivity index (χ1) is 14.8. The van der Waals surface area contributed by atoms with Crippen LogP contribution in [0.15, 0.2) is 46.9 Å². The van der Waals surface area contributed by atoms with Crippen LogP contribution in [0.2, 0.25) is 0 Å². The van der Waals surface area contributed by atoms with Crippen molar-refractivity contribution < 1.29 is 29.0 Å². The highest BCUT2D eigenvalue weighted by Gasteiger charge is 2.51. The molecule has 0 aromatic heterocycles. The number of ether oxygens (including phenoxy) is 2. The third kappa shape index (κ3) is 4.80. The summed E-state index contributed by atoms with van der Waals surface area (Å²) in [6.45, 7) is 1.91. The predicted octanol–water partition coefficient (Wildman–Crippen LogP) is 3.61. The van der Waals surface area contributed by atoms with E-state index in [1.54, 1.807) is 42.5 Å². The van der Waals surface area contributed by atoms with E-state index in [1.807, 2.05) is 6.92 Å². The van der Waals surface area contributed by atoms with Gasteiger partial charge in [-0.3, -0.25) is 19.3 Å². The zero-order chi connectivity index (χ0) is 22.6. The summed E-state index contributed by atoms with van der Waals surface area (Å²) in [6, 6.07) is 11.4. The zero-order valence-electron chi connectivity index (χ0n) is 17.4. The Kier molecular flexibility index (Phi) is 7.12. The molecular weight excluding hydrogens is 466 g/mol. The summed E-state index contributed by atoms with van der Waals surface area (Å²) in [5, 5.41) is 11.4. The number of rotatable bonds is 9. The topological polar surface area (TPSA) is 93.1 Å². The first-order valence-electron chi connectivity index (χ1n) is 9.97. The Morgan fingerprint density at radius 2 is 1.87 bits per heavy atom. The number of hydrogen-bond donors (Lipinski definition) is 1. The van der Waals surface area contributed by atoms with E-state index in [1.165, 1.54) is 12.0 Å². The summed E-state index contributed by atoms with van der Waals surface area (Å²) in [5.74, 6) is -1.11. The Morgan fingerprint density at radius 1 is 1.16 bits per heavy atom. The Labute approximate surface area is 189 Å². The molecule has 1 atom stereocenters. The largest absolute Gasteiger partial charge is 0.497 e. The Bertz CT molecular complexity index is 990. The fourth-order valence-corrected chi connectivity index (χ4v) is 3.83. The van der Waals surface area contributed by atoms with Crippen molar-refractivity contribution in [1.82, 2.24) is 0 Å². The van der Waals surface area contributed by atoms with Crippen molar-refractivity contribution in [2.45, 2.75) is 31.8 Å². The molecular formula is C23H24BrNO6. The molecule has 8 heteroatoms. The van der Waals surface area contributed by atoms with Gasteiger partial charge in [-0.25, -0.2) is 0 Å². The third-order valence-corrected chi connectivity index (χ3v) is 5.66. The molecule has 1 heterocycles. The highest BCUT2D eigenvalue weighted by Crippen LogP contribution is 2.44. The van der Waals surface area contributed by atoms with Crippen molar-refractivity contribution in [2.75, 3.05) is 25.2 Å². The molecule has 1 amide bonds. The summed E-state index contributed by atoms with van der Waals surface area (Å²) >= 11 is 3.35. The number of nitrogens with zero attached hydrogens (tertiary/aromatic N) is 1. The van der Waals surface area contributed by atoms with Crippen molar-refractivity contribution in [3.63, 3.8) is 0 Å². The molecule has 7 nitrogen and oxygen atoms in total. The third-order valence-electron chi connectivity index (χ3n) is 5.17. The molecule has 2 aromatic rings.